The highest BCUT2D eigenvalue weighted by atomic mass is 15.3. The first-order chi connectivity index (χ1) is 5.42. The smallest absolute Gasteiger partial charge is 0.179 e. The van der Waals surface area contributed by atoms with Gasteiger partial charge in [0, 0.05) is 12.4 Å². The Morgan fingerprint density at radius 1 is 1.45 bits per heavy atom. The fourth-order valence-corrected chi connectivity index (χ4v) is 0.942. The lowest BCUT2D eigenvalue weighted by Crippen LogP contribution is -2.02. The first-order valence-corrected chi connectivity index (χ1v) is 3.25. The van der Waals surface area contributed by atoms with Crippen molar-refractivity contribution in [1.29, 1.82) is 0 Å². The summed E-state index contributed by atoms with van der Waals surface area (Å²) < 4.78 is 1.81. The largest absolute Gasteiger partial charge is 0.324 e. The van der Waals surface area contributed by atoms with Gasteiger partial charge in [0.1, 0.15) is 0 Å². The van der Waals surface area contributed by atoms with Crippen molar-refractivity contribution in [2.45, 2.75) is 6.54 Å². The van der Waals surface area contributed by atoms with Gasteiger partial charge in [-0.15, -0.1) is 10.2 Å². The van der Waals surface area contributed by atoms with Crippen molar-refractivity contribution in [2.24, 2.45) is 5.73 Å². The van der Waals surface area contributed by atoms with Gasteiger partial charge in [-0.2, -0.15) is 0 Å². The normalized spacial score (nSPS) is 10.6. The molecular weight excluding hydrogens is 142 g/mol. The molecule has 2 aromatic heterocycles. The van der Waals surface area contributed by atoms with Crippen LogP contribution in [0.3, 0.4) is 0 Å². The molecule has 56 valence electrons. The first-order valence-electron chi connectivity index (χ1n) is 3.25. The molecule has 0 fully saturated rings. The molecule has 5 heteroatoms. The molecule has 0 atom stereocenters. The van der Waals surface area contributed by atoms with Crippen LogP contribution in [0.4, 0.5) is 0 Å². The summed E-state index contributed by atoms with van der Waals surface area (Å²) in [5, 5.41) is 7.72. The Hall–Kier alpha value is -1.49. The van der Waals surface area contributed by atoms with Gasteiger partial charge in [0.25, 0.3) is 0 Å². The summed E-state index contributed by atoms with van der Waals surface area (Å²) in [5.74, 6) is 0.752. The van der Waals surface area contributed by atoms with Crippen LogP contribution in [-0.4, -0.2) is 19.6 Å². The zero-order chi connectivity index (χ0) is 7.68. The summed E-state index contributed by atoms with van der Waals surface area (Å²) in [6.45, 7) is 0.394. The van der Waals surface area contributed by atoms with Crippen molar-refractivity contribution in [2.75, 3.05) is 0 Å². The highest BCUT2D eigenvalue weighted by Gasteiger charge is 2.00. The molecule has 5 nitrogen and oxygen atoms in total. The average Bonchev–Trinajstić information content (AvgIpc) is 2.47. The number of hydrogen-bond donors (Lipinski definition) is 1. The highest BCUT2D eigenvalue weighted by molar-refractivity contribution is 5.33. The van der Waals surface area contributed by atoms with Crippen LogP contribution < -0.4 is 5.73 Å². The third-order valence-corrected chi connectivity index (χ3v) is 1.47. The standard InChI is InChI=1S/C6H7N5/c7-3-5-9-10-6-4-8-1-2-11(5)6/h1-2,4H,3,7H2. The minimum absolute atomic E-state index is 0.394. The number of aromatic nitrogens is 4. The number of rotatable bonds is 1. The maximum Gasteiger partial charge on any atom is 0.179 e. The molecule has 0 aliphatic heterocycles. The molecule has 0 saturated heterocycles. The molecule has 0 spiro atoms. The molecule has 0 saturated carbocycles. The van der Waals surface area contributed by atoms with Crippen molar-refractivity contribution in [1.82, 2.24) is 19.6 Å². The zero-order valence-corrected chi connectivity index (χ0v) is 5.81. The minimum Gasteiger partial charge on any atom is -0.324 e. The van der Waals surface area contributed by atoms with E-state index >= 15 is 0 Å². The lowest BCUT2D eigenvalue weighted by Gasteiger charge is -1.92. The number of nitrogens with zero attached hydrogens (tertiary/aromatic N) is 4. The van der Waals surface area contributed by atoms with E-state index in [1.165, 1.54) is 0 Å². The molecular formula is C6H7N5. The Morgan fingerprint density at radius 2 is 2.36 bits per heavy atom. The van der Waals surface area contributed by atoms with Crippen molar-refractivity contribution >= 4 is 5.65 Å². The van der Waals surface area contributed by atoms with Gasteiger partial charge in [0.2, 0.25) is 0 Å². The monoisotopic (exact) mass is 149 g/mol. The number of fused-ring (bicyclic) bond motifs is 1. The molecule has 0 aliphatic carbocycles. The number of hydrogen-bond acceptors (Lipinski definition) is 4. The van der Waals surface area contributed by atoms with Gasteiger partial charge in [-0.25, -0.2) is 0 Å². The summed E-state index contributed by atoms with van der Waals surface area (Å²) in [7, 11) is 0. The summed E-state index contributed by atoms with van der Waals surface area (Å²) in [6, 6.07) is 0. The summed E-state index contributed by atoms with van der Waals surface area (Å²) in [4.78, 5) is 3.90. The van der Waals surface area contributed by atoms with E-state index in [2.05, 4.69) is 15.2 Å². The highest BCUT2D eigenvalue weighted by Crippen LogP contribution is 1.98. The Labute approximate surface area is 62.9 Å². The molecule has 2 heterocycles. The lowest BCUT2D eigenvalue weighted by atomic mass is 10.6. The third-order valence-electron chi connectivity index (χ3n) is 1.47. The van der Waals surface area contributed by atoms with Crippen LogP contribution >= 0.6 is 0 Å². The predicted molar refractivity (Wildman–Crippen MR) is 38.7 cm³/mol. The Kier molecular flexibility index (Phi) is 1.29. The van der Waals surface area contributed by atoms with E-state index in [0.717, 1.165) is 11.5 Å². The maximum absolute atomic E-state index is 5.42. The molecule has 0 amide bonds. The maximum atomic E-state index is 5.42. The molecule has 2 rings (SSSR count). The lowest BCUT2D eigenvalue weighted by molar-refractivity contribution is 0.880. The van der Waals surface area contributed by atoms with E-state index in [1.54, 1.807) is 18.6 Å². The van der Waals surface area contributed by atoms with Gasteiger partial charge < -0.3 is 5.73 Å². The van der Waals surface area contributed by atoms with Gasteiger partial charge in [0.05, 0.1) is 12.7 Å². The van der Waals surface area contributed by atoms with Crippen LogP contribution in [0, 0.1) is 0 Å². The van der Waals surface area contributed by atoms with E-state index in [4.69, 9.17) is 5.73 Å². The second-order valence-corrected chi connectivity index (χ2v) is 2.12. The second kappa shape index (κ2) is 2.28. The van der Waals surface area contributed by atoms with E-state index in [1.807, 2.05) is 4.40 Å². The van der Waals surface area contributed by atoms with Crippen LogP contribution in [0.15, 0.2) is 18.6 Å². The first kappa shape index (κ1) is 6.23. The topological polar surface area (TPSA) is 69.1 Å². The Balaban J connectivity index is 2.76. The van der Waals surface area contributed by atoms with Crippen molar-refractivity contribution in [3.8, 4) is 0 Å². The van der Waals surface area contributed by atoms with Gasteiger partial charge in [0.15, 0.2) is 11.5 Å². The van der Waals surface area contributed by atoms with Crippen LogP contribution in [-0.2, 0) is 6.54 Å². The van der Waals surface area contributed by atoms with Gasteiger partial charge in [-0.05, 0) is 0 Å². The zero-order valence-electron chi connectivity index (χ0n) is 5.81. The Morgan fingerprint density at radius 3 is 3.18 bits per heavy atom. The van der Waals surface area contributed by atoms with Gasteiger partial charge in [-0.1, -0.05) is 0 Å². The molecule has 0 bridgehead atoms. The summed E-state index contributed by atoms with van der Waals surface area (Å²) in [5.41, 5.74) is 6.15. The van der Waals surface area contributed by atoms with E-state index in [9.17, 15) is 0 Å². The molecule has 0 aliphatic rings. The van der Waals surface area contributed by atoms with E-state index in [0.29, 0.717) is 6.54 Å². The van der Waals surface area contributed by atoms with Crippen LogP contribution in [0.2, 0.25) is 0 Å². The Bertz CT molecular complexity index is 366. The molecule has 0 aromatic carbocycles. The fraction of sp³-hybridized carbons (Fsp3) is 0.167. The van der Waals surface area contributed by atoms with Crippen molar-refractivity contribution < 1.29 is 0 Å². The number of nitrogens with two attached hydrogens (primary N) is 1. The van der Waals surface area contributed by atoms with Crippen molar-refractivity contribution in [3.05, 3.63) is 24.4 Å². The second-order valence-electron chi connectivity index (χ2n) is 2.12. The molecule has 11 heavy (non-hydrogen) atoms. The van der Waals surface area contributed by atoms with Crippen molar-refractivity contribution in [3.63, 3.8) is 0 Å². The minimum atomic E-state index is 0.394. The average molecular weight is 149 g/mol. The molecule has 0 unspecified atom stereocenters. The van der Waals surface area contributed by atoms with E-state index in [-0.39, 0.29) is 0 Å². The summed E-state index contributed by atoms with van der Waals surface area (Å²) in [6.07, 6.45) is 5.11. The SMILES string of the molecule is NCc1nnc2cnccn12. The fourth-order valence-electron chi connectivity index (χ4n) is 0.942. The molecule has 2 N–H and O–H groups in total. The van der Waals surface area contributed by atoms with Gasteiger partial charge in [-0.3, -0.25) is 9.38 Å². The molecule has 0 radical (unpaired) electrons. The summed E-state index contributed by atoms with van der Waals surface area (Å²) >= 11 is 0. The van der Waals surface area contributed by atoms with Crippen LogP contribution in [0.25, 0.3) is 5.65 Å². The quantitative estimate of drug-likeness (QED) is 0.598. The van der Waals surface area contributed by atoms with Crippen LogP contribution in [0.1, 0.15) is 5.82 Å². The predicted octanol–water partition coefficient (Wildman–Crippen LogP) is -0.417. The van der Waals surface area contributed by atoms with Gasteiger partial charge >= 0.3 is 0 Å². The van der Waals surface area contributed by atoms with E-state index < -0.39 is 0 Å². The third kappa shape index (κ3) is 0.857. The van der Waals surface area contributed by atoms with Crippen LogP contribution in [0.5, 0.6) is 0 Å². The molecule has 2 aromatic rings.